The molecular weight excluding hydrogens is 368 g/mol. The maximum Gasteiger partial charge on any atom is 0.303 e. The summed E-state index contributed by atoms with van der Waals surface area (Å²) in [6.07, 6.45) is 6.00. The third kappa shape index (κ3) is 3.27. The molecule has 0 aromatic heterocycles. The topological polar surface area (TPSA) is 98.0 Å². The lowest BCUT2D eigenvalue weighted by molar-refractivity contribution is -0.207. The lowest BCUT2D eigenvalue weighted by Crippen LogP contribution is -2.62. The van der Waals surface area contributed by atoms with Crippen LogP contribution in [0.25, 0.3) is 0 Å². The smallest absolute Gasteiger partial charge is 0.303 e. The van der Waals surface area contributed by atoms with Gasteiger partial charge in [-0.3, -0.25) is 4.79 Å². The average molecular weight is 409 g/mol. The van der Waals surface area contributed by atoms with E-state index in [0.29, 0.717) is 30.1 Å². The number of hydrogen-bond donors (Lipinski definition) is 4. The fraction of sp³-hybridized carbons (Fsp3) is 0.958. The molecule has 0 bridgehead atoms. The van der Waals surface area contributed by atoms with E-state index < -0.39 is 12.1 Å². The number of carboxylic acids is 1. The Morgan fingerprint density at radius 2 is 1.76 bits per heavy atom. The van der Waals surface area contributed by atoms with E-state index in [2.05, 4.69) is 20.8 Å². The van der Waals surface area contributed by atoms with E-state index in [9.17, 15) is 20.1 Å². The zero-order chi connectivity index (χ0) is 21.1. The molecule has 5 nitrogen and oxygen atoms in total. The predicted molar refractivity (Wildman–Crippen MR) is 110 cm³/mol. The summed E-state index contributed by atoms with van der Waals surface area (Å²) in [5, 5.41) is 42.0. The summed E-state index contributed by atoms with van der Waals surface area (Å²) in [7, 11) is 0. The fourth-order valence-corrected chi connectivity index (χ4v) is 8.68. The van der Waals surface area contributed by atoms with Crippen molar-refractivity contribution in [3.63, 3.8) is 0 Å². The summed E-state index contributed by atoms with van der Waals surface area (Å²) in [5.41, 5.74) is -0.143. The highest BCUT2D eigenvalue weighted by Gasteiger charge is 2.65. The van der Waals surface area contributed by atoms with Gasteiger partial charge in [0, 0.05) is 6.42 Å². The minimum atomic E-state index is -0.748. The van der Waals surface area contributed by atoms with Crippen LogP contribution in [0.5, 0.6) is 0 Å². The van der Waals surface area contributed by atoms with Crippen LogP contribution in [-0.2, 0) is 4.79 Å². The van der Waals surface area contributed by atoms with Crippen molar-refractivity contribution in [2.45, 2.75) is 96.9 Å². The van der Waals surface area contributed by atoms with Crippen LogP contribution < -0.4 is 0 Å². The Labute approximate surface area is 174 Å². The van der Waals surface area contributed by atoms with Crippen molar-refractivity contribution in [3.05, 3.63) is 0 Å². The first-order valence-corrected chi connectivity index (χ1v) is 11.8. The molecule has 11 atom stereocenters. The van der Waals surface area contributed by atoms with Gasteiger partial charge in [0.15, 0.2) is 0 Å². The van der Waals surface area contributed by atoms with Crippen molar-refractivity contribution in [1.29, 1.82) is 0 Å². The summed E-state index contributed by atoms with van der Waals surface area (Å²) in [6, 6.07) is 0. The van der Waals surface area contributed by atoms with E-state index in [4.69, 9.17) is 5.11 Å². The molecule has 4 rings (SSSR count). The van der Waals surface area contributed by atoms with Gasteiger partial charge in [0.2, 0.25) is 0 Å². The molecular formula is C24H40O5. The quantitative estimate of drug-likeness (QED) is 0.571. The zero-order valence-corrected chi connectivity index (χ0v) is 18.3. The summed E-state index contributed by atoms with van der Waals surface area (Å²) in [6.45, 7) is 6.72. The second kappa shape index (κ2) is 7.49. The molecule has 0 saturated heterocycles. The van der Waals surface area contributed by atoms with Gasteiger partial charge in [0.25, 0.3) is 0 Å². The lowest BCUT2D eigenvalue weighted by Gasteiger charge is -2.63. The number of aliphatic carboxylic acids is 1. The predicted octanol–water partition coefficient (Wildman–Crippen LogP) is 3.45. The van der Waals surface area contributed by atoms with Crippen molar-refractivity contribution < 1.29 is 25.2 Å². The van der Waals surface area contributed by atoms with Crippen LogP contribution in [-0.4, -0.2) is 44.7 Å². The van der Waals surface area contributed by atoms with E-state index in [0.717, 1.165) is 44.9 Å². The number of carbonyl (C=O) groups is 1. The Hall–Kier alpha value is -0.650. The molecule has 0 amide bonds. The maximum atomic E-state index is 11.5. The molecule has 29 heavy (non-hydrogen) atoms. The molecule has 166 valence electrons. The van der Waals surface area contributed by atoms with Crippen LogP contribution in [0.4, 0.5) is 0 Å². The third-order valence-electron chi connectivity index (χ3n) is 10.3. The average Bonchev–Trinajstić information content (AvgIpc) is 3.01. The van der Waals surface area contributed by atoms with Crippen molar-refractivity contribution in [2.75, 3.05) is 0 Å². The SMILES string of the molecule is CC(CCC(=O)O)[C@H]1CCC2C3C(O)C[C@@H]4C[C@H](O)CCC4(C)C3C[C@H](O)C21C. The molecule has 4 N–H and O–H groups in total. The van der Waals surface area contributed by atoms with Gasteiger partial charge in [-0.05, 0) is 97.7 Å². The van der Waals surface area contributed by atoms with Gasteiger partial charge in [-0.2, -0.15) is 0 Å². The Kier molecular flexibility index (Phi) is 5.57. The highest BCUT2D eigenvalue weighted by Crippen LogP contribution is 2.68. The molecule has 0 spiro atoms. The zero-order valence-electron chi connectivity index (χ0n) is 18.3. The van der Waals surface area contributed by atoms with E-state index in [1.165, 1.54) is 0 Å². The van der Waals surface area contributed by atoms with Gasteiger partial charge < -0.3 is 20.4 Å². The van der Waals surface area contributed by atoms with Gasteiger partial charge in [0.05, 0.1) is 18.3 Å². The summed E-state index contributed by atoms with van der Waals surface area (Å²) >= 11 is 0. The Balaban J connectivity index is 1.61. The first kappa shape index (κ1) is 21.6. The standard InChI is InChI=1S/C24H40O5/c1-13(4-7-21(28)29)16-5-6-17-22-18(12-20(27)24(16,17)3)23(2)9-8-15(25)10-14(23)11-19(22)26/h13-20,22,25-27H,4-12H2,1-3H3,(H,28,29)/t13?,14-,15+,16+,17?,18?,19?,20-,22?,23?,24?/m0/s1. The van der Waals surface area contributed by atoms with Crippen molar-refractivity contribution >= 4 is 5.97 Å². The summed E-state index contributed by atoms with van der Waals surface area (Å²) in [5.74, 6) is 0.997. The Morgan fingerprint density at radius 1 is 1.03 bits per heavy atom. The summed E-state index contributed by atoms with van der Waals surface area (Å²) < 4.78 is 0. The van der Waals surface area contributed by atoms with Gasteiger partial charge in [-0.15, -0.1) is 0 Å². The van der Waals surface area contributed by atoms with Crippen LogP contribution in [0.3, 0.4) is 0 Å². The molecule has 0 aromatic carbocycles. The maximum absolute atomic E-state index is 11.5. The van der Waals surface area contributed by atoms with Crippen LogP contribution in [0.1, 0.15) is 78.6 Å². The number of fused-ring (bicyclic) bond motifs is 5. The first-order chi connectivity index (χ1) is 13.6. The number of rotatable bonds is 4. The highest BCUT2D eigenvalue weighted by molar-refractivity contribution is 5.66. The molecule has 0 aromatic rings. The molecule has 0 aliphatic heterocycles. The van der Waals surface area contributed by atoms with E-state index in [1.54, 1.807) is 0 Å². The second-order valence-corrected chi connectivity index (χ2v) is 11.4. The van der Waals surface area contributed by atoms with Crippen LogP contribution >= 0.6 is 0 Å². The number of carboxylic acid groups (broad SMARTS) is 1. The molecule has 4 aliphatic carbocycles. The fourth-order valence-electron chi connectivity index (χ4n) is 8.68. The van der Waals surface area contributed by atoms with Gasteiger partial charge in [-0.25, -0.2) is 0 Å². The van der Waals surface area contributed by atoms with Crippen molar-refractivity contribution in [1.82, 2.24) is 0 Å². The van der Waals surface area contributed by atoms with E-state index >= 15 is 0 Å². The van der Waals surface area contributed by atoms with E-state index in [1.807, 2.05) is 0 Å². The second-order valence-electron chi connectivity index (χ2n) is 11.4. The summed E-state index contributed by atoms with van der Waals surface area (Å²) in [4.78, 5) is 11.1. The molecule has 4 saturated carbocycles. The van der Waals surface area contributed by atoms with Crippen LogP contribution in [0, 0.1) is 46.3 Å². The van der Waals surface area contributed by atoms with Crippen LogP contribution in [0.15, 0.2) is 0 Å². The molecule has 4 fully saturated rings. The molecule has 5 heteroatoms. The molecule has 7 unspecified atom stereocenters. The minimum Gasteiger partial charge on any atom is -0.481 e. The number of aliphatic hydroxyl groups excluding tert-OH is 3. The lowest BCUT2D eigenvalue weighted by atomic mass is 9.43. The normalized spacial score (nSPS) is 52.9. The highest BCUT2D eigenvalue weighted by atomic mass is 16.4. The Bertz CT molecular complexity index is 637. The molecule has 0 heterocycles. The first-order valence-electron chi connectivity index (χ1n) is 11.8. The van der Waals surface area contributed by atoms with Crippen molar-refractivity contribution in [2.24, 2.45) is 46.3 Å². The van der Waals surface area contributed by atoms with Crippen LogP contribution in [0.2, 0.25) is 0 Å². The third-order valence-corrected chi connectivity index (χ3v) is 10.3. The Morgan fingerprint density at radius 3 is 2.45 bits per heavy atom. The number of aliphatic hydroxyl groups is 3. The number of hydrogen-bond acceptors (Lipinski definition) is 4. The molecule has 4 aliphatic rings. The minimum absolute atomic E-state index is 0.0957. The van der Waals surface area contributed by atoms with Gasteiger partial charge in [-0.1, -0.05) is 20.8 Å². The van der Waals surface area contributed by atoms with Gasteiger partial charge >= 0.3 is 5.97 Å². The van der Waals surface area contributed by atoms with E-state index in [-0.39, 0.29) is 41.3 Å². The molecule has 0 radical (unpaired) electrons. The van der Waals surface area contributed by atoms with Crippen molar-refractivity contribution in [3.8, 4) is 0 Å². The monoisotopic (exact) mass is 408 g/mol. The van der Waals surface area contributed by atoms with Gasteiger partial charge in [0.1, 0.15) is 0 Å². The largest absolute Gasteiger partial charge is 0.481 e.